The molecule has 1 aliphatic rings. The Bertz CT molecular complexity index is 557. The number of nitrogens with zero attached hydrogens (tertiary/aromatic N) is 4. The minimum absolute atomic E-state index is 0.0126. The third-order valence-corrected chi connectivity index (χ3v) is 5.77. The van der Waals surface area contributed by atoms with Crippen molar-refractivity contribution in [3.05, 3.63) is 12.4 Å². The summed E-state index contributed by atoms with van der Waals surface area (Å²) in [6, 6.07) is -0.0126. The van der Waals surface area contributed by atoms with E-state index in [4.69, 9.17) is 0 Å². The van der Waals surface area contributed by atoms with E-state index < -0.39 is 10.0 Å². The van der Waals surface area contributed by atoms with Crippen LogP contribution in [-0.4, -0.2) is 73.7 Å². The van der Waals surface area contributed by atoms with Crippen LogP contribution >= 0.6 is 0 Å². The van der Waals surface area contributed by atoms with Gasteiger partial charge in [-0.3, -0.25) is 4.68 Å². The van der Waals surface area contributed by atoms with Crippen LogP contribution in [0.5, 0.6) is 0 Å². The maximum absolute atomic E-state index is 12.7. The second-order valence-electron chi connectivity index (χ2n) is 5.62. The standard InChI is InChI=1S/C13H25N5O2S/c1-12-10-16(3)7-8-18(12)21(19,20)13-9-15-17(11-13)6-4-5-14-2/h9,11-12,14H,4-8,10H2,1-3H3. The number of piperazine rings is 1. The van der Waals surface area contributed by atoms with Gasteiger partial charge in [0.1, 0.15) is 4.90 Å². The second-order valence-corrected chi connectivity index (χ2v) is 7.51. The van der Waals surface area contributed by atoms with Crippen molar-refractivity contribution in [1.82, 2.24) is 24.3 Å². The number of sulfonamides is 1. The second kappa shape index (κ2) is 6.87. The molecule has 0 saturated carbocycles. The van der Waals surface area contributed by atoms with Gasteiger partial charge in [0.15, 0.2) is 0 Å². The van der Waals surface area contributed by atoms with Crippen molar-refractivity contribution in [2.75, 3.05) is 40.3 Å². The average molecular weight is 315 g/mol. The van der Waals surface area contributed by atoms with Crippen LogP contribution in [0.25, 0.3) is 0 Å². The predicted molar refractivity (Wildman–Crippen MR) is 81.6 cm³/mol. The number of rotatable bonds is 6. The molecule has 1 aromatic rings. The minimum atomic E-state index is -3.44. The molecule has 1 saturated heterocycles. The summed E-state index contributed by atoms with van der Waals surface area (Å²) in [4.78, 5) is 2.45. The van der Waals surface area contributed by atoms with Crippen molar-refractivity contribution >= 4 is 10.0 Å². The molecule has 21 heavy (non-hydrogen) atoms. The van der Waals surface area contributed by atoms with Gasteiger partial charge < -0.3 is 10.2 Å². The summed E-state index contributed by atoms with van der Waals surface area (Å²) in [5.74, 6) is 0. The topological polar surface area (TPSA) is 70.5 Å². The van der Waals surface area contributed by atoms with E-state index in [1.165, 1.54) is 6.20 Å². The highest BCUT2D eigenvalue weighted by Gasteiger charge is 2.33. The fraction of sp³-hybridized carbons (Fsp3) is 0.769. The summed E-state index contributed by atoms with van der Waals surface area (Å²) in [7, 11) is 0.474. The molecule has 1 aliphatic heterocycles. The van der Waals surface area contributed by atoms with Gasteiger partial charge in [-0.2, -0.15) is 9.40 Å². The first kappa shape index (κ1) is 16.4. The van der Waals surface area contributed by atoms with Crippen LogP contribution in [0, 0.1) is 0 Å². The number of hydrogen-bond donors (Lipinski definition) is 1. The average Bonchev–Trinajstić information content (AvgIpc) is 2.88. The van der Waals surface area contributed by atoms with E-state index in [1.807, 2.05) is 21.0 Å². The van der Waals surface area contributed by atoms with Crippen LogP contribution in [0.15, 0.2) is 17.3 Å². The molecular weight excluding hydrogens is 290 g/mol. The zero-order valence-corrected chi connectivity index (χ0v) is 13.8. The lowest BCUT2D eigenvalue weighted by atomic mass is 10.2. The molecule has 0 radical (unpaired) electrons. The maximum atomic E-state index is 12.7. The summed E-state index contributed by atoms with van der Waals surface area (Å²) in [6.07, 6.45) is 4.01. The lowest BCUT2D eigenvalue weighted by Gasteiger charge is -2.36. The Labute approximate surface area is 127 Å². The van der Waals surface area contributed by atoms with Crippen LogP contribution < -0.4 is 5.32 Å². The lowest BCUT2D eigenvalue weighted by molar-refractivity contribution is 0.170. The minimum Gasteiger partial charge on any atom is -0.320 e. The molecule has 0 spiro atoms. The van der Waals surface area contributed by atoms with E-state index in [0.29, 0.717) is 18.0 Å². The molecule has 0 aliphatic carbocycles. The largest absolute Gasteiger partial charge is 0.320 e. The van der Waals surface area contributed by atoms with Crippen molar-refractivity contribution in [2.24, 2.45) is 0 Å². The van der Waals surface area contributed by atoms with Gasteiger partial charge in [0.2, 0.25) is 10.0 Å². The summed E-state index contributed by atoms with van der Waals surface area (Å²) in [5, 5.41) is 7.23. The Hall–Kier alpha value is -0.960. The quantitative estimate of drug-likeness (QED) is 0.737. The molecule has 8 heteroatoms. The number of aryl methyl sites for hydroxylation is 1. The summed E-state index contributed by atoms with van der Waals surface area (Å²) in [6.45, 7) is 5.61. The molecule has 7 nitrogen and oxygen atoms in total. The van der Waals surface area contributed by atoms with Crippen molar-refractivity contribution in [3.63, 3.8) is 0 Å². The predicted octanol–water partition coefficient (Wildman–Crippen LogP) is -0.183. The van der Waals surface area contributed by atoms with Crippen LogP contribution in [0.2, 0.25) is 0 Å². The van der Waals surface area contributed by atoms with Crippen molar-refractivity contribution in [3.8, 4) is 0 Å². The van der Waals surface area contributed by atoms with E-state index >= 15 is 0 Å². The van der Waals surface area contributed by atoms with Crippen molar-refractivity contribution in [2.45, 2.75) is 30.8 Å². The van der Waals surface area contributed by atoms with Crippen LogP contribution in [0.4, 0.5) is 0 Å². The highest BCUT2D eigenvalue weighted by Crippen LogP contribution is 2.20. The van der Waals surface area contributed by atoms with Gasteiger partial charge in [-0.15, -0.1) is 0 Å². The molecule has 1 fully saturated rings. The fourth-order valence-corrected chi connectivity index (χ4v) is 4.20. The molecule has 1 N–H and O–H groups in total. The first-order valence-corrected chi connectivity index (χ1v) is 8.76. The van der Waals surface area contributed by atoms with E-state index in [1.54, 1.807) is 15.2 Å². The highest BCUT2D eigenvalue weighted by molar-refractivity contribution is 7.89. The van der Waals surface area contributed by atoms with Gasteiger partial charge in [-0.1, -0.05) is 0 Å². The van der Waals surface area contributed by atoms with Gasteiger partial charge in [0.25, 0.3) is 0 Å². The molecule has 1 aromatic heterocycles. The fourth-order valence-electron chi connectivity index (χ4n) is 2.63. The van der Waals surface area contributed by atoms with Gasteiger partial charge in [0.05, 0.1) is 6.20 Å². The molecule has 1 atom stereocenters. The SMILES string of the molecule is CNCCCn1cc(S(=O)(=O)N2CCN(C)CC2C)cn1. The summed E-state index contributed by atoms with van der Waals surface area (Å²) in [5.41, 5.74) is 0. The third-order valence-electron chi connectivity index (χ3n) is 3.80. The Balaban J connectivity index is 2.09. The van der Waals surface area contributed by atoms with E-state index in [2.05, 4.69) is 15.3 Å². The number of nitrogens with one attached hydrogen (secondary N) is 1. The van der Waals surface area contributed by atoms with E-state index in [0.717, 1.165) is 26.1 Å². The molecule has 0 amide bonds. The molecule has 1 unspecified atom stereocenters. The summed E-state index contributed by atoms with van der Waals surface area (Å²) < 4.78 is 28.7. The van der Waals surface area contributed by atoms with E-state index in [9.17, 15) is 8.42 Å². The van der Waals surface area contributed by atoms with E-state index in [-0.39, 0.29) is 6.04 Å². The maximum Gasteiger partial charge on any atom is 0.246 e. The first-order chi connectivity index (χ1) is 9.95. The Morgan fingerprint density at radius 1 is 1.43 bits per heavy atom. The molecule has 0 aromatic carbocycles. The smallest absolute Gasteiger partial charge is 0.246 e. The molecule has 2 heterocycles. The Morgan fingerprint density at radius 3 is 2.86 bits per heavy atom. The zero-order valence-electron chi connectivity index (χ0n) is 13.0. The molecular formula is C13H25N5O2S. The van der Waals surface area contributed by atoms with Crippen LogP contribution in [0.1, 0.15) is 13.3 Å². The first-order valence-electron chi connectivity index (χ1n) is 7.32. The molecule has 0 bridgehead atoms. The highest BCUT2D eigenvalue weighted by atomic mass is 32.2. The normalized spacial score (nSPS) is 21.8. The third kappa shape index (κ3) is 3.82. The number of likely N-dealkylation sites (N-methyl/N-ethyl adjacent to an activating group) is 1. The monoisotopic (exact) mass is 315 g/mol. The van der Waals surface area contributed by atoms with Crippen LogP contribution in [-0.2, 0) is 16.6 Å². The molecule has 2 rings (SSSR count). The van der Waals surface area contributed by atoms with Gasteiger partial charge in [-0.25, -0.2) is 8.42 Å². The van der Waals surface area contributed by atoms with Gasteiger partial charge in [0, 0.05) is 38.4 Å². The molecule has 120 valence electrons. The number of hydrogen-bond acceptors (Lipinski definition) is 5. The Kier molecular flexibility index (Phi) is 5.37. The van der Waals surface area contributed by atoms with Gasteiger partial charge >= 0.3 is 0 Å². The zero-order chi connectivity index (χ0) is 15.5. The van der Waals surface area contributed by atoms with Crippen LogP contribution in [0.3, 0.4) is 0 Å². The summed E-state index contributed by atoms with van der Waals surface area (Å²) >= 11 is 0. The Morgan fingerprint density at radius 2 is 2.19 bits per heavy atom. The number of aromatic nitrogens is 2. The van der Waals surface area contributed by atoms with Crippen molar-refractivity contribution in [1.29, 1.82) is 0 Å². The lowest BCUT2D eigenvalue weighted by Crippen LogP contribution is -2.52. The van der Waals surface area contributed by atoms with Crippen molar-refractivity contribution < 1.29 is 8.42 Å². The van der Waals surface area contributed by atoms with Gasteiger partial charge in [-0.05, 0) is 34.0 Å².